The molecule has 0 radical (unpaired) electrons. The van der Waals surface area contributed by atoms with Crippen molar-refractivity contribution in [2.75, 3.05) is 26.9 Å². The second-order valence-corrected chi connectivity index (χ2v) is 4.27. The molecule has 1 heterocycles. The molecule has 0 fully saturated rings. The molecule has 0 aliphatic rings. The predicted molar refractivity (Wildman–Crippen MR) is 81.3 cm³/mol. The van der Waals surface area contributed by atoms with Gasteiger partial charge in [0.15, 0.2) is 0 Å². The van der Waals surface area contributed by atoms with E-state index in [2.05, 4.69) is 10.1 Å². The van der Waals surface area contributed by atoms with E-state index in [4.69, 9.17) is 19.7 Å². The molecule has 0 saturated heterocycles. The highest BCUT2D eigenvalue weighted by molar-refractivity contribution is 5.85. The van der Waals surface area contributed by atoms with Gasteiger partial charge < -0.3 is 19.7 Å². The topological polar surface area (TPSA) is 83.4 Å². The van der Waals surface area contributed by atoms with Crippen molar-refractivity contribution in [3.63, 3.8) is 0 Å². The molecule has 1 aromatic heterocycles. The molecule has 0 saturated carbocycles. The molecule has 2 rings (SSSR count). The molecule has 7 heteroatoms. The summed E-state index contributed by atoms with van der Waals surface area (Å²) in [6.45, 7) is 2.22. The van der Waals surface area contributed by atoms with Crippen LogP contribution in [0.15, 0.2) is 28.8 Å². The summed E-state index contributed by atoms with van der Waals surface area (Å²) in [7, 11) is 1.64. The zero-order chi connectivity index (χ0) is 14.2. The van der Waals surface area contributed by atoms with Gasteiger partial charge in [0.2, 0.25) is 11.7 Å². The quantitative estimate of drug-likeness (QED) is 0.748. The van der Waals surface area contributed by atoms with Gasteiger partial charge >= 0.3 is 0 Å². The zero-order valence-electron chi connectivity index (χ0n) is 11.9. The van der Waals surface area contributed by atoms with Gasteiger partial charge in [0.05, 0.1) is 26.2 Å². The van der Waals surface area contributed by atoms with Crippen molar-refractivity contribution >= 4 is 12.4 Å². The fourth-order valence-electron chi connectivity index (χ4n) is 1.67. The molecule has 0 aliphatic carbocycles. The molecular formula is C14H20ClN3O3. The van der Waals surface area contributed by atoms with Crippen molar-refractivity contribution in [2.45, 2.75) is 13.0 Å². The number of benzene rings is 1. The standard InChI is InChI=1S/C14H19N3O3.ClH/c1-18-8-9-19-7-6-13-16-14(17-20-13)12-4-2-11(10-15)3-5-12;/h2-5H,6-10,15H2,1H3;1H. The number of aromatic nitrogens is 2. The van der Waals surface area contributed by atoms with Crippen LogP contribution in [0.1, 0.15) is 11.5 Å². The highest BCUT2D eigenvalue weighted by atomic mass is 35.5. The lowest BCUT2D eigenvalue weighted by Crippen LogP contribution is -2.05. The number of methoxy groups -OCH3 is 1. The minimum absolute atomic E-state index is 0. The summed E-state index contributed by atoms with van der Waals surface area (Å²) in [6.07, 6.45) is 0.595. The van der Waals surface area contributed by atoms with E-state index in [0.29, 0.717) is 44.5 Å². The van der Waals surface area contributed by atoms with Crippen LogP contribution in [0.5, 0.6) is 0 Å². The van der Waals surface area contributed by atoms with Crippen molar-refractivity contribution in [1.29, 1.82) is 0 Å². The Morgan fingerprint density at radius 1 is 1.14 bits per heavy atom. The lowest BCUT2D eigenvalue weighted by Gasteiger charge is -2.00. The average molecular weight is 314 g/mol. The van der Waals surface area contributed by atoms with Gasteiger partial charge in [-0.25, -0.2) is 0 Å². The Labute approximate surface area is 130 Å². The highest BCUT2D eigenvalue weighted by Gasteiger charge is 2.08. The van der Waals surface area contributed by atoms with E-state index in [1.807, 2.05) is 24.3 Å². The smallest absolute Gasteiger partial charge is 0.229 e. The summed E-state index contributed by atoms with van der Waals surface area (Å²) < 4.78 is 15.4. The van der Waals surface area contributed by atoms with Crippen LogP contribution < -0.4 is 5.73 Å². The Balaban J connectivity index is 0.00000220. The van der Waals surface area contributed by atoms with Crippen LogP contribution in [0.3, 0.4) is 0 Å². The molecular weight excluding hydrogens is 294 g/mol. The summed E-state index contributed by atoms with van der Waals surface area (Å²) in [5.41, 5.74) is 7.55. The predicted octanol–water partition coefficient (Wildman–Crippen LogP) is 1.82. The third-order valence-corrected chi connectivity index (χ3v) is 2.81. The minimum atomic E-state index is 0. The van der Waals surface area contributed by atoms with Crippen LogP contribution in [-0.2, 0) is 22.4 Å². The van der Waals surface area contributed by atoms with Crippen LogP contribution in [0.4, 0.5) is 0 Å². The zero-order valence-corrected chi connectivity index (χ0v) is 12.8. The second kappa shape index (κ2) is 9.46. The van der Waals surface area contributed by atoms with Gasteiger partial charge in [-0.15, -0.1) is 12.4 Å². The lowest BCUT2D eigenvalue weighted by atomic mass is 10.1. The number of nitrogens with two attached hydrogens (primary N) is 1. The monoisotopic (exact) mass is 313 g/mol. The number of hydrogen-bond acceptors (Lipinski definition) is 6. The first kappa shape index (κ1) is 17.6. The first-order chi connectivity index (χ1) is 9.83. The van der Waals surface area contributed by atoms with Crippen molar-refractivity contribution in [3.8, 4) is 11.4 Å². The molecule has 1 aromatic carbocycles. The molecule has 6 nitrogen and oxygen atoms in total. The van der Waals surface area contributed by atoms with Gasteiger partial charge in [-0.1, -0.05) is 29.4 Å². The maximum Gasteiger partial charge on any atom is 0.229 e. The van der Waals surface area contributed by atoms with E-state index in [9.17, 15) is 0 Å². The molecule has 2 N–H and O–H groups in total. The lowest BCUT2D eigenvalue weighted by molar-refractivity contribution is 0.0696. The van der Waals surface area contributed by atoms with Gasteiger partial charge in [-0.3, -0.25) is 0 Å². The Kier molecular flexibility index (Phi) is 7.92. The fraction of sp³-hybridized carbons (Fsp3) is 0.429. The fourth-order valence-corrected chi connectivity index (χ4v) is 1.67. The first-order valence-corrected chi connectivity index (χ1v) is 6.52. The minimum Gasteiger partial charge on any atom is -0.382 e. The highest BCUT2D eigenvalue weighted by Crippen LogP contribution is 2.16. The third kappa shape index (κ3) is 5.43. The summed E-state index contributed by atoms with van der Waals surface area (Å²) in [5, 5.41) is 3.96. The van der Waals surface area contributed by atoms with Crippen LogP contribution >= 0.6 is 12.4 Å². The summed E-state index contributed by atoms with van der Waals surface area (Å²) in [5.74, 6) is 1.15. The molecule has 0 atom stereocenters. The molecule has 2 aromatic rings. The first-order valence-electron chi connectivity index (χ1n) is 6.52. The van der Waals surface area contributed by atoms with E-state index < -0.39 is 0 Å². The summed E-state index contributed by atoms with van der Waals surface area (Å²) in [6, 6.07) is 7.79. The van der Waals surface area contributed by atoms with Gasteiger partial charge in [0.1, 0.15) is 0 Å². The van der Waals surface area contributed by atoms with Crippen LogP contribution in [0.2, 0.25) is 0 Å². The van der Waals surface area contributed by atoms with E-state index >= 15 is 0 Å². The summed E-state index contributed by atoms with van der Waals surface area (Å²) in [4.78, 5) is 4.33. The number of nitrogens with zero attached hydrogens (tertiary/aromatic N) is 2. The maximum absolute atomic E-state index is 5.56. The van der Waals surface area contributed by atoms with Crippen molar-refractivity contribution in [1.82, 2.24) is 10.1 Å². The molecule has 0 bridgehead atoms. The summed E-state index contributed by atoms with van der Waals surface area (Å²) >= 11 is 0. The van der Waals surface area contributed by atoms with Gasteiger partial charge in [0.25, 0.3) is 0 Å². The Morgan fingerprint density at radius 2 is 1.90 bits per heavy atom. The molecule has 0 spiro atoms. The largest absolute Gasteiger partial charge is 0.382 e. The van der Waals surface area contributed by atoms with E-state index in [0.717, 1.165) is 11.1 Å². The van der Waals surface area contributed by atoms with Gasteiger partial charge in [-0.05, 0) is 5.56 Å². The number of ether oxygens (including phenoxy) is 2. The second-order valence-electron chi connectivity index (χ2n) is 4.27. The van der Waals surface area contributed by atoms with Crippen molar-refractivity contribution in [3.05, 3.63) is 35.7 Å². The SMILES string of the molecule is COCCOCCc1nc(-c2ccc(CN)cc2)no1.Cl. The Hall–Kier alpha value is -1.47. The normalized spacial score (nSPS) is 10.4. The Bertz CT molecular complexity index is 516. The van der Waals surface area contributed by atoms with Crippen molar-refractivity contribution in [2.24, 2.45) is 5.73 Å². The molecule has 0 unspecified atom stereocenters. The maximum atomic E-state index is 5.56. The van der Waals surface area contributed by atoms with Gasteiger partial charge in [-0.2, -0.15) is 4.98 Å². The number of halogens is 1. The average Bonchev–Trinajstić information content (AvgIpc) is 2.96. The number of hydrogen-bond donors (Lipinski definition) is 1. The van der Waals surface area contributed by atoms with E-state index in [1.165, 1.54) is 0 Å². The molecule has 0 aliphatic heterocycles. The van der Waals surface area contributed by atoms with E-state index in [-0.39, 0.29) is 12.4 Å². The van der Waals surface area contributed by atoms with Crippen molar-refractivity contribution < 1.29 is 14.0 Å². The van der Waals surface area contributed by atoms with Crippen LogP contribution in [-0.4, -0.2) is 37.1 Å². The van der Waals surface area contributed by atoms with Crippen LogP contribution in [0.25, 0.3) is 11.4 Å². The van der Waals surface area contributed by atoms with E-state index in [1.54, 1.807) is 7.11 Å². The van der Waals surface area contributed by atoms with Gasteiger partial charge in [0, 0.05) is 19.2 Å². The Morgan fingerprint density at radius 3 is 2.57 bits per heavy atom. The molecule has 0 amide bonds. The molecule has 21 heavy (non-hydrogen) atoms. The van der Waals surface area contributed by atoms with Crippen LogP contribution in [0, 0.1) is 0 Å². The molecule has 116 valence electrons. The third-order valence-electron chi connectivity index (χ3n) is 2.81. The number of rotatable bonds is 8.